The van der Waals surface area contributed by atoms with E-state index in [4.69, 9.17) is 0 Å². The molecule has 0 bridgehead atoms. The first-order chi connectivity index (χ1) is 8.64. The minimum Gasteiger partial charge on any atom is -0.315 e. The lowest BCUT2D eigenvalue weighted by Crippen LogP contribution is -2.59. The number of hydrogen-bond donors (Lipinski definition) is 1. The van der Waals surface area contributed by atoms with Crippen molar-refractivity contribution in [3.8, 4) is 0 Å². The fraction of sp³-hybridized carbons (Fsp3) is 0.733. The van der Waals surface area contributed by atoms with E-state index in [2.05, 4.69) is 47.9 Å². The van der Waals surface area contributed by atoms with Gasteiger partial charge in [0.15, 0.2) is 0 Å². The fourth-order valence-electron chi connectivity index (χ4n) is 3.04. The van der Waals surface area contributed by atoms with Crippen LogP contribution in [0.5, 0.6) is 0 Å². The van der Waals surface area contributed by atoms with Gasteiger partial charge >= 0.3 is 0 Å². The zero-order chi connectivity index (χ0) is 13.0. The molecule has 0 saturated carbocycles. The minimum atomic E-state index is 0.233. The van der Waals surface area contributed by atoms with E-state index in [-0.39, 0.29) is 5.54 Å². The predicted octanol–water partition coefficient (Wildman–Crippen LogP) is 3.14. The largest absolute Gasteiger partial charge is 0.315 e. The molecular formula is C15H26N2S. The highest BCUT2D eigenvalue weighted by Crippen LogP contribution is 2.26. The molecule has 1 aromatic heterocycles. The van der Waals surface area contributed by atoms with Gasteiger partial charge in [0.1, 0.15) is 0 Å². The number of rotatable bonds is 5. The summed E-state index contributed by atoms with van der Waals surface area (Å²) in [5, 5.41) is 7.99. The zero-order valence-electron chi connectivity index (χ0n) is 11.9. The Morgan fingerprint density at radius 1 is 1.33 bits per heavy atom. The molecule has 2 rings (SSSR count). The van der Waals surface area contributed by atoms with Crippen molar-refractivity contribution in [2.24, 2.45) is 0 Å². The summed E-state index contributed by atoms with van der Waals surface area (Å²) in [6, 6.07) is 2.77. The molecule has 2 heterocycles. The van der Waals surface area contributed by atoms with Crippen molar-refractivity contribution < 1.29 is 0 Å². The first-order valence-electron chi connectivity index (χ1n) is 7.08. The smallest absolute Gasteiger partial charge is 0.0309 e. The number of likely N-dealkylation sites (N-methyl/N-ethyl adjacent to an activating group) is 1. The molecule has 2 nitrogen and oxygen atoms in total. The van der Waals surface area contributed by atoms with Crippen LogP contribution in [0.1, 0.15) is 38.7 Å². The molecule has 1 N–H and O–H groups in total. The predicted molar refractivity (Wildman–Crippen MR) is 80.4 cm³/mol. The van der Waals surface area contributed by atoms with E-state index in [1.807, 2.05) is 0 Å². The van der Waals surface area contributed by atoms with Gasteiger partial charge in [-0.3, -0.25) is 4.90 Å². The summed E-state index contributed by atoms with van der Waals surface area (Å²) in [5.41, 5.74) is 1.70. The lowest BCUT2D eigenvalue weighted by atomic mass is 9.86. The SMILES string of the molecule is CNC(Cc1ccsc1)C(C)(C)N1CCCCC1. The molecule has 1 aromatic rings. The highest BCUT2D eigenvalue weighted by molar-refractivity contribution is 7.07. The van der Waals surface area contributed by atoms with Gasteiger partial charge in [0, 0.05) is 11.6 Å². The number of nitrogens with zero attached hydrogens (tertiary/aromatic N) is 1. The Balaban J connectivity index is 2.04. The molecule has 3 heteroatoms. The van der Waals surface area contributed by atoms with Crippen molar-refractivity contribution in [1.82, 2.24) is 10.2 Å². The third-order valence-corrected chi connectivity index (χ3v) is 5.12. The Kier molecular flexibility index (Phi) is 4.82. The molecular weight excluding hydrogens is 240 g/mol. The molecule has 18 heavy (non-hydrogen) atoms. The molecule has 1 aliphatic rings. The lowest BCUT2D eigenvalue weighted by molar-refractivity contribution is 0.0636. The van der Waals surface area contributed by atoms with Gasteiger partial charge in [-0.1, -0.05) is 6.42 Å². The maximum atomic E-state index is 3.54. The molecule has 0 aromatic carbocycles. The second-order valence-electron chi connectivity index (χ2n) is 5.88. The molecule has 102 valence electrons. The summed E-state index contributed by atoms with van der Waals surface area (Å²) < 4.78 is 0. The summed E-state index contributed by atoms with van der Waals surface area (Å²) in [4.78, 5) is 2.67. The van der Waals surface area contributed by atoms with Crippen molar-refractivity contribution >= 4 is 11.3 Å². The van der Waals surface area contributed by atoms with Crippen molar-refractivity contribution in [2.75, 3.05) is 20.1 Å². The van der Waals surface area contributed by atoms with E-state index in [0.29, 0.717) is 6.04 Å². The molecule has 1 atom stereocenters. The molecule has 1 unspecified atom stereocenters. The van der Waals surface area contributed by atoms with Crippen LogP contribution in [0.3, 0.4) is 0 Å². The van der Waals surface area contributed by atoms with Gasteiger partial charge in [-0.25, -0.2) is 0 Å². The van der Waals surface area contributed by atoms with E-state index < -0.39 is 0 Å². The molecule has 0 amide bonds. The van der Waals surface area contributed by atoms with Gasteiger partial charge < -0.3 is 5.32 Å². The van der Waals surface area contributed by atoms with E-state index in [1.54, 1.807) is 11.3 Å². The number of nitrogens with one attached hydrogen (secondary N) is 1. The average Bonchev–Trinajstić information content (AvgIpc) is 2.89. The van der Waals surface area contributed by atoms with E-state index >= 15 is 0 Å². The first-order valence-corrected chi connectivity index (χ1v) is 8.02. The van der Waals surface area contributed by atoms with Crippen LogP contribution < -0.4 is 5.32 Å². The second kappa shape index (κ2) is 6.18. The van der Waals surface area contributed by atoms with Crippen LogP contribution in [0.25, 0.3) is 0 Å². The highest BCUT2D eigenvalue weighted by atomic mass is 32.1. The van der Waals surface area contributed by atoms with Gasteiger partial charge in [-0.15, -0.1) is 0 Å². The Morgan fingerprint density at radius 2 is 2.06 bits per heavy atom. The Hall–Kier alpha value is -0.380. The molecule has 1 saturated heterocycles. The Bertz CT molecular complexity index is 339. The Labute approximate surface area is 115 Å². The van der Waals surface area contributed by atoms with Gasteiger partial charge in [0.05, 0.1) is 0 Å². The van der Waals surface area contributed by atoms with Crippen molar-refractivity contribution in [1.29, 1.82) is 0 Å². The van der Waals surface area contributed by atoms with Crippen LogP contribution in [-0.4, -0.2) is 36.6 Å². The van der Waals surface area contributed by atoms with Crippen LogP contribution in [0, 0.1) is 0 Å². The van der Waals surface area contributed by atoms with E-state index in [9.17, 15) is 0 Å². The molecule has 0 radical (unpaired) electrons. The summed E-state index contributed by atoms with van der Waals surface area (Å²) in [7, 11) is 2.10. The minimum absolute atomic E-state index is 0.233. The molecule has 1 aliphatic heterocycles. The number of hydrogen-bond acceptors (Lipinski definition) is 3. The third-order valence-electron chi connectivity index (χ3n) is 4.39. The van der Waals surface area contributed by atoms with Gasteiger partial charge in [0.2, 0.25) is 0 Å². The van der Waals surface area contributed by atoms with Crippen molar-refractivity contribution in [2.45, 2.75) is 51.1 Å². The normalized spacial score (nSPS) is 19.9. The molecule has 1 fully saturated rings. The van der Waals surface area contributed by atoms with Crippen LogP contribution in [0.4, 0.5) is 0 Å². The number of piperidine rings is 1. The quantitative estimate of drug-likeness (QED) is 0.881. The van der Waals surface area contributed by atoms with Crippen LogP contribution in [0.2, 0.25) is 0 Å². The summed E-state index contributed by atoms with van der Waals surface area (Å²) in [6.45, 7) is 7.31. The maximum absolute atomic E-state index is 3.54. The second-order valence-corrected chi connectivity index (χ2v) is 6.66. The van der Waals surface area contributed by atoms with Crippen LogP contribution in [-0.2, 0) is 6.42 Å². The van der Waals surface area contributed by atoms with Crippen LogP contribution >= 0.6 is 11.3 Å². The summed E-state index contributed by atoms with van der Waals surface area (Å²) in [5.74, 6) is 0. The highest BCUT2D eigenvalue weighted by Gasteiger charge is 2.35. The summed E-state index contributed by atoms with van der Waals surface area (Å²) in [6.07, 6.45) is 5.25. The number of likely N-dealkylation sites (tertiary alicyclic amines) is 1. The topological polar surface area (TPSA) is 15.3 Å². The van der Waals surface area contributed by atoms with Gasteiger partial charge in [0.25, 0.3) is 0 Å². The third kappa shape index (κ3) is 3.14. The van der Waals surface area contributed by atoms with Gasteiger partial charge in [-0.2, -0.15) is 11.3 Å². The number of thiophene rings is 1. The van der Waals surface area contributed by atoms with Crippen molar-refractivity contribution in [3.05, 3.63) is 22.4 Å². The van der Waals surface area contributed by atoms with E-state index in [1.165, 1.54) is 37.9 Å². The van der Waals surface area contributed by atoms with Gasteiger partial charge in [-0.05, 0) is 75.6 Å². The molecule has 0 aliphatic carbocycles. The maximum Gasteiger partial charge on any atom is 0.0309 e. The van der Waals surface area contributed by atoms with E-state index in [0.717, 1.165) is 6.42 Å². The Morgan fingerprint density at radius 3 is 2.61 bits per heavy atom. The standard InChI is InChI=1S/C15H26N2S/c1-15(2,17-8-5-4-6-9-17)14(16-3)11-13-7-10-18-12-13/h7,10,12,14,16H,4-6,8-9,11H2,1-3H3. The first kappa shape index (κ1) is 14.0. The lowest BCUT2D eigenvalue weighted by Gasteiger charge is -2.46. The fourth-order valence-corrected chi connectivity index (χ4v) is 3.72. The average molecular weight is 266 g/mol. The monoisotopic (exact) mass is 266 g/mol. The zero-order valence-corrected chi connectivity index (χ0v) is 12.7. The molecule has 0 spiro atoms. The van der Waals surface area contributed by atoms with Crippen molar-refractivity contribution in [3.63, 3.8) is 0 Å². The van der Waals surface area contributed by atoms with Crippen LogP contribution in [0.15, 0.2) is 16.8 Å². The summed E-state index contributed by atoms with van der Waals surface area (Å²) >= 11 is 1.80.